The fraction of sp³-hybridized carbons (Fsp3) is 0.500. The number of nitrogen functional groups attached to an aromatic ring is 1. The van der Waals surface area contributed by atoms with Gasteiger partial charge in [0.2, 0.25) is 0 Å². The molecule has 1 aromatic carbocycles. The van der Waals surface area contributed by atoms with E-state index in [1.807, 2.05) is 6.07 Å². The lowest BCUT2D eigenvalue weighted by Crippen LogP contribution is -2.42. The summed E-state index contributed by atoms with van der Waals surface area (Å²) in [6.45, 7) is 5.35. The quantitative estimate of drug-likeness (QED) is 0.789. The number of nitrogens with two attached hydrogens (primary N) is 1. The third kappa shape index (κ3) is 2.15. The van der Waals surface area contributed by atoms with Crippen molar-refractivity contribution in [2.24, 2.45) is 5.92 Å². The van der Waals surface area contributed by atoms with Gasteiger partial charge in [-0.15, -0.1) is 0 Å². The van der Waals surface area contributed by atoms with Gasteiger partial charge in [0.15, 0.2) is 0 Å². The van der Waals surface area contributed by atoms with E-state index in [0.29, 0.717) is 17.6 Å². The van der Waals surface area contributed by atoms with Gasteiger partial charge in [-0.1, -0.05) is 13.0 Å². The van der Waals surface area contributed by atoms with Crippen LogP contribution in [0.2, 0.25) is 0 Å². The van der Waals surface area contributed by atoms with Gasteiger partial charge in [0.05, 0.1) is 16.9 Å². The number of hydrogen-bond acceptors (Lipinski definition) is 3. The zero-order valence-corrected chi connectivity index (χ0v) is 10.9. The average Bonchev–Trinajstić information content (AvgIpc) is 2.33. The lowest BCUT2D eigenvalue weighted by Gasteiger charge is -2.40. The lowest BCUT2D eigenvalue weighted by molar-refractivity contribution is 0.0698. The van der Waals surface area contributed by atoms with E-state index < -0.39 is 5.97 Å². The SMILES string of the molecule is CC1CCCN(c2cccc(C(=O)O)c2N)C1C. The molecule has 1 aliphatic heterocycles. The first-order valence-corrected chi connectivity index (χ1v) is 6.40. The highest BCUT2D eigenvalue weighted by atomic mass is 16.4. The number of para-hydroxylation sites is 1. The van der Waals surface area contributed by atoms with Crippen LogP contribution in [-0.4, -0.2) is 23.7 Å². The number of benzene rings is 1. The lowest BCUT2D eigenvalue weighted by atomic mass is 9.91. The van der Waals surface area contributed by atoms with Crippen molar-refractivity contribution in [1.29, 1.82) is 0 Å². The summed E-state index contributed by atoms with van der Waals surface area (Å²) >= 11 is 0. The van der Waals surface area contributed by atoms with Gasteiger partial charge >= 0.3 is 5.97 Å². The van der Waals surface area contributed by atoms with E-state index in [1.165, 1.54) is 6.42 Å². The van der Waals surface area contributed by atoms with Gasteiger partial charge < -0.3 is 15.7 Å². The molecule has 1 aromatic rings. The number of piperidine rings is 1. The molecule has 1 saturated heterocycles. The Bertz CT molecular complexity index is 459. The minimum Gasteiger partial charge on any atom is -0.478 e. The van der Waals surface area contributed by atoms with Crippen molar-refractivity contribution in [3.8, 4) is 0 Å². The molecule has 1 heterocycles. The first-order valence-electron chi connectivity index (χ1n) is 6.40. The first-order chi connectivity index (χ1) is 8.52. The van der Waals surface area contributed by atoms with E-state index >= 15 is 0 Å². The molecular weight excluding hydrogens is 228 g/mol. The summed E-state index contributed by atoms with van der Waals surface area (Å²) in [6, 6.07) is 5.63. The second-order valence-corrected chi connectivity index (χ2v) is 5.10. The Morgan fingerprint density at radius 2 is 2.17 bits per heavy atom. The number of carboxylic acids is 1. The maximum Gasteiger partial charge on any atom is 0.337 e. The van der Waals surface area contributed by atoms with E-state index in [4.69, 9.17) is 10.8 Å². The summed E-state index contributed by atoms with van der Waals surface area (Å²) in [4.78, 5) is 13.3. The molecule has 98 valence electrons. The molecule has 4 heteroatoms. The van der Waals surface area contributed by atoms with Gasteiger partial charge in [0.1, 0.15) is 0 Å². The van der Waals surface area contributed by atoms with Crippen molar-refractivity contribution in [3.05, 3.63) is 23.8 Å². The molecule has 0 radical (unpaired) electrons. The molecule has 0 bridgehead atoms. The molecule has 3 N–H and O–H groups in total. The Kier molecular flexibility index (Phi) is 3.45. The number of hydrogen-bond donors (Lipinski definition) is 2. The van der Waals surface area contributed by atoms with Gasteiger partial charge in [-0.2, -0.15) is 0 Å². The Morgan fingerprint density at radius 3 is 2.83 bits per heavy atom. The minimum atomic E-state index is -0.966. The number of rotatable bonds is 2. The molecule has 0 aliphatic carbocycles. The maximum absolute atomic E-state index is 11.1. The zero-order chi connectivity index (χ0) is 13.3. The number of carbonyl (C=O) groups is 1. The normalized spacial score (nSPS) is 24.0. The standard InChI is InChI=1S/C14H20N2O2/c1-9-5-4-8-16(10(9)2)12-7-3-6-11(13(12)15)14(17)18/h3,6-7,9-10H,4-5,8,15H2,1-2H3,(H,17,18). The van der Waals surface area contributed by atoms with Crippen LogP contribution in [0.5, 0.6) is 0 Å². The summed E-state index contributed by atoms with van der Waals surface area (Å²) in [7, 11) is 0. The number of nitrogens with zero attached hydrogens (tertiary/aromatic N) is 1. The Morgan fingerprint density at radius 1 is 1.44 bits per heavy atom. The van der Waals surface area contributed by atoms with E-state index in [1.54, 1.807) is 12.1 Å². The molecule has 0 aromatic heterocycles. The zero-order valence-electron chi connectivity index (χ0n) is 10.9. The highest BCUT2D eigenvalue weighted by molar-refractivity contribution is 5.97. The summed E-state index contributed by atoms with van der Waals surface area (Å²) in [5.41, 5.74) is 7.43. The molecule has 2 rings (SSSR count). The van der Waals surface area contributed by atoms with Gasteiger partial charge in [-0.3, -0.25) is 0 Å². The smallest absolute Gasteiger partial charge is 0.337 e. The van der Waals surface area contributed by atoms with Crippen LogP contribution in [0, 0.1) is 5.92 Å². The average molecular weight is 248 g/mol. The van der Waals surface area contributed by atoms with Crippen molar-refractivity contribution in [3.63, 3.8) is 0 Å². The highest BCUT2D eigenvalue weighted by Gasteiger charge is 2.27. The van der Waals surface area contributed by atoms with Gasteiger partial charge in [0.25, 0.3) is 0 Å². The Hall–Kier alpha value is -1.71. The molecule has 1 aliphatic rings. The molecule has 18 heavy (non-hydrogen) atoms. The molecule has 4 nitrogen and oxygen atoms in total. The molecule has 0 amide bonds. The van der Waals surface area contributed by atoms with E-state index in [-0.39, 0.29) is 5.56 Å². The van der Waals surface area contributed by atoms with Crippen molar-refractivity contribution in [1.82, 2.24) is 0 Å². The molecule has 1 fully saturated rings. The van der Waals surface area contributed by atoms with Crippen molar-refractivity contribution >= 4 is 17.3 Å². The summed E-state index contributed by atoms with van der Waals surface area (Å²) in [6.07, 6.45) is 2.35. The van der Waals surface area contributed by atoms with Gasteiger partial charge in [0, 0.05) is 12.6 Å². The van der Waals surface area contributed by atoms with Crippen LogP contribution in [0.15, 0.2) is 18.2 Å². The van der Waals surface area contributed by atoms with Crippen molar-refractivity contribution < 1.29 is 9.90 Å². The Labute approximate surface area is 107 Å². The van der Waals surface area contributed by atoms with Gasteiger partial charge in [-0.25, -0.2) is 4.79 Å². The van der Waals surface area contributed by atoms with E-state index in [9.17, 15) is 4.79 Å². The third-order valence-corrected chi connectivity index (χ3v) is 4.00. The van der Waals surface area contributed by atoms with Crippen LogP contribution >= 0.6 is 0 Å². The summed E-state index contributed by atoms with van der Waals surface area (Å²) in [5.74, 6) is -0.362. The van der Waals surface area contributed by atoms with Crippen molar-refractivity contribution in [2.75, 3.05) is 17.2 Å². The van der Waals surface area contributed by atoms with Crippen molar-refractivity contribution in [2.45, 2.75) is 32.7 Å². The summed E-state index contributed by atoms with van der Waals surface area (Å²) < 4.78 is 0. The molecule has 2 atom stereocenters. The molecule has 2 unspecified atom stereocenters. The number of carboxylic acid groups (broad SMARTS) is 1. The highest BCUT2D eigenvalue weighted by Crippen LogP contribution is 2.33. The van der Waals surface area contributed by atoms with Crippen LogP contribution in [0.3, 0.4) is 0 Å². The fourth-order valence-corrected chi connectivity index (χ4v) is 2.67. The monoisotopic (exact) mass is 248 g/mol. The second kappa shape index (κ2) is 4.88. The predicted molar refractivity (Wildman–Crippen MR) is 73.0 cm³/mol. The molecule has 0 spiro atoms. The topological polar surface area (TPSA) is 66.6 Å². The van der Waals surface area contributed by atoms with Crippen LogP contribution in [0.4, 0.5) is 11.4 Å². The van der Waals surface area contributed by atoms with Crippen LogP contribution < -0.4 is 10.6 Å². The molecular formula is C14H20N2O2. The Balaban J connectivity index is 2.38. The maximum atomic E-state index is 11.1. The largest absolute Gasteiger partial charge is 0.478 e. The predicted octanol–water partition coefficient (Wildman–Crippen LogP) is 2.59. The third-order valence-electron chi connectivity index (χ3n) is 4.00. The fourth-order valence-electron chi connectivity index (χ4n) is 2.67. The van der Waals surface area contributed by atoms with Gasteiger partial charge in [-0.05, 0) is 37.8 Å². The number of aromatic carboxylic acids is 1. The van der Waals surface area contributed by atoms with Crippen LogP contribution in [0.1, 0.15) is 37.0 Å². The number of anilines is 2. The van der Waals surface area contributed by atoms with E-state index in [2.05, 4.69) is 18.7 Å². The van der Waals surface area contributed by atoms with E-state index in [0.717, 1.165) is 18.7 Å². The van der Waals surface area contributed by atoms with Crippen LogP contribution in [-0.2, 0) is 0 Å². The minimum absolute atomic E-state index is 0.193. The molecule has 0 saturated carbocycles. The first kappa shape index (κ1) is 12.7. The second-order valence-electron chi connectivity index (χ2n) is 5.10. The van der Waals surface area contributed by atoms with Crippen LogP contribution in [0.25, 0.3) is 0 Å². The summed E-state index contributed by atoms with van der Waals surface area (Å²) in [5, 5.41) is 9.11.